The number of carbonyl (C=O) groups excluding carboxylic acids is 1. The van der Waals surface area contributed by atoms with Crippen LogP contribution < -0.4 is 19.7 Å². The number of amides is 1. The molecule has 0 saturated carbocycles. The number of halogens is 1. The van der Waals surface area contributed by atoms with E-state index < -0.39 is 6.17 Å². The summed E-state index contributed by atoms with van der Waals surface area (Å²) < 4.78 is 10.9. The van der Waals surface area contributed by atoms with E-state index in [4.69, 9.17) is 21.1 Å². The van der Waals surface area contributed by atoms with Gasteiger partial charge in [-0.3, -0.25) is 9.69 Å². The highest BCUT2D eigenvalue weighted by Gasteiger charge is 2.35. The second-order valence-corrected chi connectivity index (χ2v) is 6.79. The SMILES string of the molecule is COc1ccc(C2Nc3ccccc3C(=O)N2c2ccc(Cl)cc2)c(OC)c1. The van der Waals surface area contributed by atoms with Crippen molar-refractivity contribution in [2.45, 2.75) is 6.17 Å². The summed E-state index contributed by atoms with van der Waals surface area (Å²) in [6, 6.07) is 20.2. The van der Waals surface area contributed by atoms with Crippen LogP contribution in [0.3, 0.4) is 0 Å². The van der Waals surface area contributed by atoms with Gasteiger partial charge >= 0.3 is 0 Å². The highest BCUT2D eigenvalue weighted by atomic mass is 35.5. The standard InChI is InChI=1S/C22H19ClN2O3/c1-27-16-11-12-18(20(13-16)28-2)21-24-19-6-4-3-5-17(19)22(26)25(21)15-9-7-14(23)8-10-15/h3-13,21,24H,1-2H3. The Morgan fingerprint density at radius 1 is 0.964 bits per heavy atom. The Hall–Kier alpha value is -3.18. The predicted molar refractivity (Wildman–Crippen MR) is 111 cm³/mol. The van der Waals surface area contributed by atoms with Gasteiger partial charge in [-0.1, -0.05) is 23.7 Å². The maximum absolute atomic E-state index is 13.4. The largest absolute Gasteiger partial charge is 0.497 e. The molecular weight excluding hydrogens is 376 g/mol. The van der Waals surface area contributed by atoms with E-state index in [9.17, 15) is 4.79 Å². The molecule has 1 N–H and O–H groups in total. The number of methoxy groups -OCH3 is 2. The fraction of sp³-hybridized carbons (Fsp3) is 0.136. The fourth-order valence-corrected chi connectivity index (χ4v) is 3.51. The lowest BCUT2D eigenvalue weighted by Crippen LogP contribution is -2.43. The van der Waals surface area contributed by atoms with Gasteiger partial charge in [-0.05, 0) is 48.5 Å². The monoisotopic (exact) mass is 394 g/mol. The van der Waals surface area contributed by atoms with Crippen molar-refractivity contribution in [2.24, 2.45) is 0 Å². The normalized spacial score (nSPS) is 15.6. The number of hydrogen-bond donors (Lipinski definition) is 1. The Balaban J connectivity index is 1.88. The molecule has 1 heterocycles. The molecule has 0 saturated heterocycles. The summed E-state index contributed by atoms with van der Waals surface area (Å²) >= 11 is 6.05. The Labute approximate surface area is 168 Å². The van der Waals surface area contributed by atoms with Crippen LogP contribution in [0.4, 0.5) is 11.4 Å². The van der Waals surface area contributed by atoms with Gasteiger partial charge in [0.05, 0.1) is 19.8 Å². The van der Waals surface area contributed by atoms with Crippen molar-refractivity contribution in [3.63, 3.8) is 0 Å². The Morgan fingerprint density at radius 3 is 2.43 bits per heavy atom. The third-order valence-corrected chi connectivity index (χ3v) is 5.02. The topological polar surface area (TPSA) is 50.8 Å². The number of ether oxygens (including phenoxy) is 2. The van der Waals surface area contributed by atoms with Crippen molar-refractivity contribution in [2.75, 3.05) is 24.4 Å². The van der Waals surface area contributed by atoms with Crippen LogP contribution in [-0.4, -0.2) is 20.1 Å². The maximum Gasteiger partial charge on any atom is 0.262 e. The van der Waals surface area contributed by atoms with Crippen molar-refractivity contribution >= 4 is 28.9 Å². The first-order valence-electron chi connectivity index (χ1n) is 8.79. The summed E-state index contributed by atoms with van der Waals surface area (Å²) in [5, 5.41) is 4.08. The molecule has 0 aromatic heterocycles. The number of para-hydroxylation sites is 1. The van der Waals surface area contributed by atoms with Crippen LogP contribution in [0, 0.1) is 0 Å². The zero-order valence-electron chi connectivity index (χ0n) is 15.5. The van der Waals surface area contributed by atoms with E-state index in [1.54, 1.807) is 31.3 Å². The molecule has 1 aliphatic heterocycles. The third-order valence-electron chi connectivity index (χ3n) is 4.77. The van der Waals surface area contributed by atoms with E-state index in [-0.39, 0.29) is 5.91 Å². The molecule has 1 unspecified atom stereocenters. The molecule has 1 amide bonds. The highest BCUT2D eigenvalue weighted by molar-refractivity contribution is 6.30. The molecule has 0 bridgehead atoms. The predicted octanol–water partition coefficient (Wildman–Crippen LogP) is 5.13. The molecule has 3 aromatic carbocycles. The van der Waals surface area contributed by atoms with E-state index in [1.807, 2.05) is 54.6 Å². The summed E-state index contributed by atoms with van der Waals surface area (Å²) in [6.07, 6.45) is -0.454. The number of anilines is 2. The van der Waals surface area contributed by atoms with Crippen LogP contribution in [0.25, 0.3) is 0 Å². The minimum Gasteiger partial charge on any atom is -0.497 e. The minimum atomic E-state index is -0.454. The molecule has 142 valence electrons. The van der Waals surface area contributed by atoms with E-state index in [0.29, 0.717) is 22.1 Å². The number of benzene rings is 3. The highest BCUT2D eigenvalue weighted by Crippen LogP contribution is 2.40. The molecular formula is C22H19ClN2O3. The smallest absolute Gasteiger partial charge is 0.262 e. The minimum absolute atomic E-state index is 0.0976. The number of fused-ring (bicyclic) bond motifs is 1. The zero-order valence-corrected chi connectivity index (χ0v) is 16.2. The number of rotatable bonds is 4. The quantitative estimate of drug-likeness (QED) is 0.666. The van der Waals surface area contributed by atoms with Gasteiger partial charge in [-0.2, -0.15) is 0 Å². The van der Waals surface area contributed by atoms with Crippen LogP contribution in [0.15, 0.2) is 66.7 Å². The average Bonchev–Trinajstić information content (AvgIpc) is 2.74. The van der Waals surface area contributed by atoms with E-state index in [2.05, 4.69) is 5.32 Å². The number of nitrogens with one attached hydrogen (secondary N) is 1. The number of hydrogen-bond acceptors (Lipinski definition) is 4. The summed E-state index contributed by atoms with van der Waals surface area (Å²) in [5.74, 6) is 1.21. The molecule has 0 fully saturated rings. The van der Waals surface area contributed by atoms with E-state index in [1.165, 1.54) is 0 Å². The maximum atomic E-state index is 13.4. The van der Waals surface area contributed by atoms with Gasteiger partial charge in [0.15, 0.2) is 0 Å². The molecule has 0 radical (unpaired) electrons. The van der Waals surface area contributed by atoms with Crippen LogP contribution in [0.1, 0.15) is 22.1 Å². The first kappa shape index (κ1) is 18.2. The zero-order chi connectivity index (χ0) is 19.7. The molecule has 1 aliphatic rings. The molecule has 1 atom stereocenters. The van der Waals surface area contributed by atoms with Crippen molar-refractivity contribution in [3.8, 4) is 11.5 Å². The van der Waals surface area contributed by atoms with Gasteiger partial charge in [-0.15, -0.1) is 0 Å². The van der Waals surface area contributed by atoms with E-state index in [0.717, 1.165) is 16.9 Å². The van der Waals surface area contributed by atoms with Gasteiger partial charge in [0.25, 0.3) is 5.91 Å². The summed E-state index contributed by atoms with van der Waals surface area (Å²) in [4.78, 5) is 15.1. The van der Waals surface area contributed by atoms with Crippen LogP contribution >= 0.6 is 11.6 Å². The van der Waals surface area contributed by atoms with Crippen molar-refractivity contribution < 1.29 is 14.3 Å². The van der Waals surface area contributed by atoms with Gasteiger partial charge in [0.2, 0.25) is 0 Å². The molecule has 0 aliphatic carbocycles. The number of nitrogens with zero attached hydrogens (tertiary/aromatic N) is 1. The molecule has 3 aromatic rings. The Kier molecular flexibility index (Phi) is 4.84. The van der Waals surface area contributed by atoms with Gasteiger partial charge in [0.1, 0.15) is 17.7 Å². The lowest BCUT2D eigenvalue weighted by Gasteiger charge is -2.38. The van der Waals surface area contributed by atoms with Crippen molar-refractivity contribution in [1.82, 2.24) is 0 Å². The second kappa shape index (κ2) is 7.44. The van der Waals surface area contributed by atoms with Gasteiger partial charge in [-0.25, -0.2) is 0 Å². The molecule has 4 rings (SSSR count). The summed E-state index contributed by atoms with van der Waals surface area (Å²) in [5.41, 5.74) is 2.95. The lowest BCUT2D eigenvalue weighted by atomic mass is 10.0. The molecule has 28 heavy (non-hydrogen) atoms. The third kappa shape index (κ3) is 3.14. The molecule has 5 nitrogen and oxygen atoms in total. The van der Waals surface area contributed by atoms with Crippen molar-refractivity contribution in [1.29, 1.82) is 0 Å². The fourth-order valence-electron chi connectivity index (χ4n) is 3.38. The molecule has 6 heteroatoms. The summed E-state index contributed by atoms with van der Waals surface area (Å²) in [6.45, 7) is 0. The van der Waals surface area contributed by atoms with Crippen LogP contribution in [0.5, 0.6) is 11.5 Å². The van der Waals surface area contributed by atoms with Crippen LogP contribution in [0.2, 0.25) is 5.02 Å². The Bertz CT molecular complexity index is 1020. The first-order valence-corrected chi connectivity index (χ1v) is 9.17. The first-order chi connectivity index (χ1) is 13.6. The molecule has 0 spiro atoms. The second-order valence-electron chi connectivity index (χ2n) is 6.35. The van der Waals surface area contributed by atoms with Gasteiger partial charge in [0, 0.05) is 28.0 Å². The number of carbonyl (C=O) groups is 1. The van der Waals surface area contributed by atoms with Crippen molar-refractivity contribution in [3.05, 3.63) is 82.9 Å². The summed E-state index contributed by atoms with van der Waals surface area (Å²) in [7, 11) is 3.20. The van der Waals surface area contributed by atoms with E-state index >= 15 is 0 Å². The van der Waals surface area contributed by atoms with Crippen LogP contribution in [-0.2, 0) is 0 Å². The Morgan fingerprint density at radius 2 is 1.71 bits per heavy atom. The lowest BCUT2D eigenvalue weighted by molar-refractivity contribution is 0.0974. The average molecular weight is 395 g/mol. The van der Waals surface area contributed by atoms with Gasteiger partial charge < -0.3 is 14.8 Å².